The molecule has 0 amide bonds. The maximum atomic E-state index is 12.7. The number of likely N-dealkylation sites (N-methyl/N-ethyl adjacent to an activating group) is 1. The first-order valence-electron chi connectivity index (χ1n) is 22.5. The molecular weight excluding hydrogens is 741 g/mol. The van der Waals surface area contributed by atoms with Crippen LogP contribution in [0, 0.1) is 0 Å². The Morgan fingerprint density at radius 2 is 1.12 bits per heavy atom. The van der Waals surface area contributed by atoms with Gasteiger partial charge in [-0.05, 0) is 77.0 Å². The van der Waals surface area contributed by atoms with Crippen LogP contribution >= 0.6 is 7.82 Å². The molecule has 11 heteroatoms. The highest BCUT2D eigenvalue weighted by Crippen LogP contribution is 2.43. The van der Waals surface area contributed by atoms with E-state index in [0.29, 0.717) is 36.1 Å². The predicted octanol–water partition coefficient (Wildman–Crippen LogP) is 11.7. The Morgan fingerprint density at radius 1 is 0.632 bits per heavy atom. The van der Waals surface area contributed by atoms with Crippen LogP contribution in [0.1, 0.15) is 168 Å². The largest absolute Gasteiger partial charge is 0.472 e. The molecule has 0 saturated carbocycles. The fourth-order valence-corrected chi connectivity index (χ4v) is 6.78. The molecule has 0 aromatic carbocycles. The number of ether oxygens (including phenoxy) is 3. The van der Waals surface area contributed by atoms with Crippen molar-refractivity contribution in [1.82, 2.24) is 0 Å². The molecule has 10 nitrogen and oxygen atoms in total. The number of unbranched alkanes of at least 4 members (excludes halogenated alkanes) is 15. The zero-order chi connectivity index (χ0) is 41.9. The number of nitrogens with zero attached hydrogens (tertiary/aromatic N) is 1. The van der Waals surface area contributed by atoms with Crippen LogP contribution in [0.25, 0.3) is 0 Å². The molecule has 0 aromatic rings. The van der Waals surface area contributed by atoms with Gasteiger partial charge in [0.15, 0.2) is 6.10 Å². The number of quaternary nitrogens is 1. The van der Waals surface area contributed by atoms with Crippen molar-refractivity contribution in [2.45, 2.75) is 186 Å². The first kappa shape index (κ1) is 52.9. The van der Waals surface area contributed by atoms with E-state index in [-0.39, 0.29) is 26.1 Å². The lowest BCUT2D eigenvalue weighted by atomic mass is 10.1. The quantitative estimate of drug-likeness (QED) is 0.0161. The molecule has 330 valence electrons. The Kier molecular flexibility index (Phi) is 32.3. The molecule has 0 bridgehead atoms. The normalized spacial score (nSPS) is 17.6. The van der Waals surface area contributed by atoms with Crippen LogP contribution in [0.4, 0.5) is 0 Å². The number of phosphoric ester groups is 1. The van der Waals surface area contributed by atoms with Crippen LogP contribution in [-0.2, 0) is 37.4 Å². The molecular formula is C46H83NO9P+. The number of esters is 2. The molecule has 1 rings (SSSR count). The van der Waals surface area contributed by atoms with E-state index in [9.17, 15) is 19.0 Å². The van der Waals surface area contributed by atoms with E-state index in [4.69, 9.17) is 23.3 Å². The number of epoxide rings is 1. The van der Waals surface area contributed by atoms with Gasteiger partial charge >= 0.3 is 19.8 Å². The Balaban J connectivity index is 2.33. The van der Waals surface area contributed by atoms with Crippen LogP contribution in [-0.4, -0.2) is 87.1 Å². The summed E-state index contributed by atoms with van der Waals surface area (Å²) in [5.41, 5.74) is 0. The average Bonchev–Trinajstić information content (AvgIpc) is 3.92. The van der Waals surface area contributed by atoms with E-state index in [1.807, 2.05) is 27.2 Å². The molecule has 4 atom stereocenters. The van der Waals surface area contributed by atoms with Crippen molar-refractivity contribution in [3.8, 4) is 0 Å². The lowest BCUT2D eigenvalue weighted by Crippen LogP contribution is -2.37. The Hall–Kier alpha value is -2.07. The number of allylic oxidation sites excluding steroid dienone is 6. The summed E-state index contributed by atoms with van der Waals surface area (Å²) in [6.45, 7) is 4.29. The summed E-state index contributed by atoms with van der Waals surface area (Å²) < 4.78 is 40.0. The summed E-state index contributed by atoms with van der Waals surface area (Å²) >= 11 is 0. The minimum atomic E-state index is -4.40. The fraction of sp³-hybridized carbons (Fsp3) is 0.783. The third kappa shape index (κ3) is 35.6. The van der Waals surface area contributed by atoms with Gasteiger partial charge in [0.05, 0.1) is 40.0 Å². The minimum absolute atomic E-state index is 0.0164. The molecule has 1 aliphatic rings. The third-order valence-corrected chi connectivity index (χ3v) is 10.7. The summed E-state index contributed by atoms with van der Waals surface area (Å²) in [6, 6.07) is 0. The number of rotatable bonds is 39. The smallest absolute Gasteiger partial charge is 0.462 e. The number of carbonyl (C=O) groups is 2. The second-order valence-corrected chi connectivity index (χ2v) is 17.9. The molecule has 0 aromatic heterocycles. The van der Waals surface area contributed by atoms with Gasteiger partial charge in [-0.25, -0.2) is 4.57 Å². The molecule has 4 unspecified atom stereocenters. The molecule has 1 saturated heterocycles. The number of carbonyl (C=O) groups excluding carboxylic acids is 2. The molecule has 57 heavy (non-hydrogen) atoms. The maximum absolute atomic E-state index is 12.7. The second-order valence-electron chi connectivity index (χ2n) is 16.5. The van der Waals surface area contributed by atoms with E-state index in [1.165, 1.54) is 64.2 Å². The Morgan fingerprint density at radius 3 is 1.77 bits per heavy atom. The van der Waals surface area contributed by atoms with E-state index >= 15 is 0 Å². The zero-order valence-electron chi connectivity index (χ0n) is 36.8. The monoisotopic (exact) mass is 825 g/mol. The molecule has 0 spiro atoms. The number of hydrogen-bond donors (Lipinski definition) is 1. The second kappa shape index (κ2) is 34.8. The number of hydrogen-bond acceptors (Lipinski definition) is 8. The van der Waals surface area contributed by atoms with Gasteiger partial charge < -0.3 is 23.6 Å². The molecule has 1 N–H and O–H groups in total. The van der Waals surface area contributed by atoms with Crippen molar-refractivity contribution in [2.75, 3.05) is 47.5 Å². The van der Waals surface area contributed by atoms with E-state index in [0.717, 1.165) is 64.2 Å². The van der Waals surface area contributed by atoms with Gasteiger partial charge in [-0.15, -0.1) is 0 Å². The molecule has 0 radical (unpaired) electrons. The Bertz CT molecular complexity index is 1180. The van der Waals surface area contributed by atoms with Crippen molar-refractivity contribution in [2.24, 2.45) is 0 Å². The molecule has 1 heterocycles. The summed E-state index contributed by atoms with van der Waals surface area (Å²) in [5.74, 6) is -0.882. The third-order valence-electron chi connectivity index (χ3n) is 9.73. The molecule has 1 aliphatic heterocycles. The molecule has 1 fully saturated rings. The first-order chi connectivity index (χ1) is 27.5. The average molecular weight is 825 g/mol. The standard InChI is InChI=1S/C46H82NO9P/c1-6-8-10-12-14-15-16-17-18-19-20-21-24-28-32-36-45(48)52-40-42(41-54-57(50,51)53-39-38-47(3,4)5)55-46(49)37-33-29-25-22-23-27-31-35-44-43(56-44)34-30-26-13-11-9-7-2/h17-18,22,25-27,30-31,42-44H,6-16,19-21,23-24,28-29,32-41H2,1-5H3/p+1/b18-17-,25-22-,30-26+,31-27-. The van der Waals surface area contributed by atoms with Gasteiger partial charge in [-0.1, -0.05) is 127 Å². The van der Waals surface area contributed by atoms with Gasteiger partial charge in [0.1, 0.15) is 19.8 Å². The van der Waals surface area contributed by atoms with Crippen molar-refractivity contribution < 1.29 is 46.8 Å². The van der Waals surface area contributed by atoms with Crippen molar-refractivity contribution in [3.05, 3.63) is 48.6 Å². The highest BCUT2D eigenvalue weighted by Gasteiger charge is 2.36. The maximum Gasteiger partial charge on any atom is 0.472 e. The first-order valence-corrected chi connectivity index (χ1v) is 24.0. The minimum Gasteiger partial charge on any atom is -0.462 e. The lowest BCUT2D eigenvalue weighted by molar-refractivity contribution is -0.870. The summed E-state index contributed by atoms with van der Waals surface area (Å²) in [4.78, 5) is 35.4. The fourth-order valence-electron chi connectivity index (χ4n) is 6.04. The lowest BCUT2D eigenvalue weighted by Gasteiger charge is -2.24. The van der Waals surface area contributed by atoms with E-state index in [1.54, 1.807) is 0 Å². The topological polar surface area (TPSA) is 121 Å². The SMILES string of the molecule is CCCCC/C=C/CC1OC1C/C=C\C/C=C\CCCC(=O)OC(COC(=O)CCCCCCC/C=C\CCCCCCCC)COP(=O)(O)OCC[N+](C)(C)C. The summed E-state index contributed by atoms with van der Waals surface area (Å²) in [5, 5.41) is 0. The van der Waals surface area contributed by atoms with E-state index < -0.39 is 32.5 Å². The van der Waals surface area contributed by atoms with Crippen LogP contribution in [0.5, 0.6) is 0 Å². The van der Waals surface area contributed by atoms with Crippen molar-refractivity contribution in [1.29, 1.82) is 0 Å². The highest BCUT2D eigenvalue weighted by atomic mass is 31.2. The van der Waals surface area contributed by atoms with Gasteiger partial charge in [0.2, 0.25) is 0 Å². The van der Waals surface area contributed by atoms with Gasteiger partial charge in [-0.2, -0.15) is 0 Å². The van der Waals surface area contributed by atoms with Gasteiger partial charge in [-0.3, -0.25) is 18.6 Å². The van der Waals surface area contributed by atoms with Crippen LogP contribution in [0.2, 0.25) is 0 Å². The Labute approximate surface area is 348 Å². The summed E-state index contributed by atoms with van der Waals surface area (Å²) in [6.07, 6.45) is 41.9. The summed E-state index contributed by atoms with van der Waals surface area (Å²) in [7, 11) is 1.42. The molecule has 0 aliphatic carbocycles. The van der Waals surface area contributed by atoms with Crippen molar-refractivity contribution >= 4 is 19.8 Å². The van der Waals surface area contributed by atoms with Crippen LogP contribution in [0.3, 0.4) is 0 Å². The van der Waals surface area contributed by atoms with Gasteiger partial charge in [0, 0.05) is 12.8 Å². The zero-order valence-corrected chi connectivity index (χ0v) is 37.7. The highest BCUT2D eigenvalue weighted by molar-refractivity contribution is 7.47. The number of phosphoric acid groups is 1. The van der Waals surface area contributed by atoms with Crippen molar-refractivity contribution in [3.63, 3.8) is 0 Å². The van der Waals surface area contributed by atoms with Gasteiger partial charge in [0.25, 0.3) is 0 Å². The van der Waals surface area contributed by atoms with Crippen LogP contribution in [0.15, 0.2) is 48.6 Å². The van der Waals surface area contributed by atoms with E-state index in [2.05, 4.69) is 56.4 Å². The van der Waals surface area contributed by atoms with Crippen LogP contribution < -0.4 is 0 Å². The predicted molar refractivity (Wildman–Crippen MR) is 233 cm³/mol.